The van der Waals surface area contributed by atoms with E-state index in [1.54, 1.807) is 23.4 Å². The average molecular weight is 326 g/mol. The number of carbonyl (C=O) groups is 2. The molecule has 2 aliphatic rings. The van der Waals surface area contributed by atoms with Crippen LogP contribution in [0.25, 0.3) is 0 Å². The number of fused-ring (bicyclic) bond motifs is 1. The molecule has 7 nitrogen and oxygen atoms in total. The second kappa shape index (κ2) is 6.07. The Bertz CT molecular complexity index is 732. The van der Waals surface area contributed by atoms with Crippen LogP contribution in [-0.2, 0) is 11.3 Å². The highest BCUT2D eigenvalue weighted by molar-refractivity contribution is 5.92. The van der Waals surface area contributed by atoms with Gasteiger partial charge in [0.15, 0.2) is 0 Å². The standard InChI is InChI=1S/C17H18N4O3/c22-16-14-11-21(17(23)15-3-6-19-24-15)10-13(14)4-7-20(16)9-12-2-1-5-18-8-12/h1-3,5-6,8,13-14H,4,7,9-11H2. The minimum atomic E-state index is -0.187. The lowest BCUT2D eigenvalue weighted by Crippen LogP contribution is -2.44. The average Bonchev–Trinajstić information content (AvgIpc) is 3.27. The number of pyridine rings is 1. The number of nitrogens with zero attached hydrogens (tertiary/aromatic N) is 4. The zero-order chi connectivity index (χ0) is 16.5. The van der Waals surface area contributed by atoms with Crippen molar-refractivity contribution in [2.45, 2.75) is 13.0 Å². The molecule has 7 heteroatoms. The first-order chi connectivity index (χ1) is 11.7. The molecule has 0 radical (unpaired) electrons. The zero-order valence-electron chi connectivity index (χ0n) is 13.2. The van der Waals surface area contributed by atoms with E-state index in [1.165, 1.54) is 6.20 Å². The number of rotatable bonds is 3. The van der Waals surface area contributed by atoms with Crippen molar-refractivity contribution in [1.82, 2.24) is 19.9 Å². The van der Waals surface area contributed by atoms with E-state index in [2.05, 4.69) is 10.1 Å². The number of amides is 2. The SMILES string of the molecule is O=C(c1ccno1)N1CC2CCN(Cc3cccnc3)C(=O)C2C1. The molecule has 24 heavy (non-hydrogen) atoms. The zero-order valence-corrected chi connectivity index (χ0v) is 13.2. The van der Waals surface area contributed by atoms with E-state index >= 15 is 0 Å². The lowest BCUT2D eigenvalue weighted by molar-refractivity contribution is -0.140. The van der Waals surface area contributed by atoms with Crippen LogP contribution in [0, 0.1) is 11.8 Å². The van der Waals surface area contributed by atoms with Gasteiger partial charge < -0.3 is 14.3 Å². The summed E-state index contributed by atoms with van der Waals surface area (Å²) in [5, 5.41) is 3.58. The molecular formula is C17H18N4O3. The molecule has 0 bridgehead atoms. The summed E-state index contributed by atoms with van der Waals surface area (Å²) in [7, 11) is 0. The molecule has 124 valence electrons. The van der Waals surface area contributed by atoms with Crippen LogP contribution in [0.3, 0.4) is 0 Å². The minimum Gasteiger partial charge on any atom is -0.351 e. The highest BCUT2D eigenvalue weighted by Gasteiger charge is 2.44. The van der Waals surface area contributed by atoms with Crippen molar-refractivity contribution in [3.63, 3.8) is 0 Å². The second-order valence-electron chi connectivity index (χ2n) is 6.36. The van der Waals surface area contributed by atoms with Crippen LogP contribution < -0.4 is 0 Å². The third-order valence-corrected chi connectivity index (χ3v) is 4.87. The predicted molar refractivity (Wildman–Crippen MR) is 83.7 cm³/mol. The Labute approximate surface area is 139 Å². The highest BCUT2D eigenvalue weighted by Crippen LogP contribution is 2.33. The lowest BCUT2D eigenvalue weighted by atomic mass is 9.88. The van der Waals surface area contributed by atoms with E-state index in [9.17, 15) is 9.59 Å². The molecule has 0 aliphatic carbocycles. The predicted octanol–water partition coefficient (Wildman–Crippen LogP) is 1.19. The van der Waals surface area contributed by atoms with E-state index in [0.717, 1.165) is 18.5 Å². The molecule has 2 aliphatic heterocycles. The van der Waals surface area contributed by atoms with Crippen LogP contribution in [0.1, 0.15) is 22.5 Å². The van der Waals surface area contributed by atoms with Gasteiger partial charge in [0.2, 0.25) is 11.7 Å². The normalized spacial score (nSPS) is 23.4. The van der Waals surface area contributed by atoms with Crippen LogP contribution in [0.2, 0.25) is 0 Å². The van der Waals surface area contributed by atoms with Crippen molar-refractivity contribution >= 4 is 11.8 Å². The summed E-state index contributed by atoms with van der Waals surface area (Å²) in [4.78, 5) is 32.9. The molecule has 2 fully saturated rings. The van der Waals surface area contributed by atoms with Crippen molar-refractivity contribution in [2.24, 2.45) is 11.8 Å². The molecule has 4 rings (SSSR count). The van der Waals surface area contributed by atoms with E-state index in [-0.39, 0.29) is 29.4 Å². The van der Waals surface area contributed by atoms with Gasteiger partial charge in [0.05, 0.1) is 12.1 Å². The van der Waals surface area contributed by atoms with Gasteiger partial charge in [-0.1, -0.05) is 11.2 Å². The monoisotopic (exact) mass is 326 g/mol. The van der Waals surface area contributed by atoms with Crippen molar-refractivity contribution in [3.8, 4) is 0 Å². The molecule has 2 saturated heterocycles. The Morgan fingerprint density at radius 2 is 2.21 bits per heavy atom. The van der Waals surface area contributed by atoms with Crippen molar-refractivity contribution in [1.29, 1.82) is 0 Å². The summed E-state index contributed by atoms with van der Waals surface area (Å²) < 4.78 is 4.94. The summed E-state index contributed by atoms with van der Waals surface area (Å²) in [6.07, 6.45) is 5.88. The lowest BCUT2D eigenvalue weighted by Gasteiger charge is -2.33. The molecule has 2 amide bonds. The maximum atomic E-state index is 12.8. The van der Waals surface area contributed by atoms with Gasteiger partial charge in [-0.2, -0.15) is 0 Å². The Morgan fingerprint density at radius 3 is 2.96 bits per heavy atom. The van der Waals surface area contributed by atoms with Crippen LogP contribution >= 0.6 is 0 Å². The third kappa shape index (κ3) is 2.66. The molecule has 0 spiro atoms. The molecule has 2 aromatic heterocycles. The summed E-state index contributed by atoms with van der Waals surface area (Å²) in [5.74, 6) is 0.279. The second-order valence-corrected chi connectivity index (χ2v) is 6.36. The fraction of sp³-hybridized carbons (Fsp3) is 0.412. The van der Waals surface area contributed by atoms with Crippen molar-refractivity contribution in [2.75, 3.05) is 19.6 Å². The fourth-order valence-electron chi connectivity index (χ4n) is 3.63. The van der Waals surface area contributed by atoms with Gasteiger partial charge in [-0.25, -0.2) is 0 Å². The maximum Gasteiger partial charge on any atom is 0.292 e. The van der Waals surface area contributed by atoms with Crippen molar-refractivity contribution < 1.29 is 14.1 Å². The number of hydrogen-bond donors (Lipinski definition) is 0. The quantitative estimate of drug-likeness (QED) is 0.846. The molecular weight excluding hydrogens is 308 g/mol. The van der Waals surface area contributed by atoms with Gasteiger partial charge >= 0.3 is 0 Å². The van der Waals surface area contributed by atoms with Gasteiger partial charge in [-0.3, -0.25) is 14.6 Å². The number of aromatic nitrogens is 2. The Morgan fingerprint density at radius 1 is 1.29 bits per heavy atom. The van der Waals surface area contributed by atoms with Gasteiger partial charge in [0.1, 0.15) is 0 Å². The molecule has 0 N–H and O–H groups in total. The first-order valence-electron chi connectivity index (χ1n) is 8.10. The fourth-order valence-corrected chi connectivity index (χ4v) is 3.63. The molecule has 2 atom stereocenters. The van der Waals surface area contributed by atoms with Crippen LogP contribution in [0.4, 0.5) is 0 Å². The molecule has 0 aromatic carbocycles. The van der Waals surface area contributed by atoms with E-state index in [0.29, 0.717) is 19.6 Å². The molecule has 4 heterocycles. The molecule has 2 unspecified atom stereocenters. The van der Waals surface area contributed by atoms with Gasteiger partial charge in [-0.05, 0) is 24.0 Å². The topological polar surface area (TPSA) is 79.5 Å². The van der Waals surface area contributed by atoms with Crippen LogP contribution in [0.15, 0.2) is 41.3 Å². The van der Waals surface area contributed by atoms with E-state index in [4.69, 9.17) is 4.52 Å². The summed E-state index contributed by atoms with van der Waals surface area (Å²) in [5.41, 5.74) is 1.02. The first-order valence-corrected chi connectivity index (χ1v) is 8.10. The van der Waals surface area contributed by atoms with Gasteiger partial charge in [0.25, 0.3) is 5.91 Å². The Kier molecular flexibility index (Phi) is 3.76. The molecule has 0 saturated carbocycles. The first kappa shape index (κ1) is 14.9. The Balaban J connectivity index is 1.44. The smallest absolute Gasteiger partial charge is 0.292 e. The Hall–Kier alpha value is -2.70. The minimum absolute atomic E-state index is 0.123. The number of hydrogen-bond acceptors (Lipinski definition) is 5. The van der Waals surface area contributed by atoms with Crippen molar-refractivity contribution in [3.05, 3.63) is 48.1 Å². The summed E-state index contributed by atoms with van der Waals surface area (Å²) in [6, 6.07) is 5.40. The number of carbonyl (C=O) groups excluding carboxylic acids is 2. The maximum absolute atomic E-state index is 12.8. The number of likely N-dealkylation sites (tertiary alicyclic amines) is 2. The van der Waals surface area contributed by atoms with E-state index < -0.39 is 0 Å². The van der Waals surface area contributed by atoms with Gasteiger partial charge in [0, 0.05) is 44.6 Å². The van der Waals surface area contributed by atoms with Gasteiger partial charge in [-0.15, -0.1) is 0 Å². The summed E-state index contributed by atoms with van der Waals surface area (Å²) in [6.45, 7) is 2.36. The summed E-state index contributed by atoms with van der Waals surface area (Å²) >= 11 is 0. The van der Waals surface area contributed by atoms with E-state index in [1.807, 2.05) is 17.0 Å². The highest BCUT2D eigenvalue weighted by atomic mass is 16.5. The van der Waals surface area contributed by atoms with Crippen LogP contribution in [0.5, 0.6) is 0 Å². The third-order valence-electron chi connectivity index (χ3n) is 4.87. The largest absolute Gasteiger partial charge is 0.351 e. The number of piperidine rings is 1. The van der Waals surface area contributed by atoms with Crippen LogP contribution in [-0.4, -0.2) is 51.4 Å². The molecule has 2 aromatic rings.